The Morgan fingerprint density at radius 3 is 1.89 bits per heavy atom. The third-order valence-corrected chi connectivity index (χ3v) is 4.19. The molecule has 0 aromatic rings. The van der Waals surface area contributed by atoms with Gasteiger partial charge in [0.1, 0.15) is 0 Å². The fourth-order valence-electron chi connectivity index (χ4n) is 2.97. The predicted octanol–water partition coefficient (Wildman–Crippen LogP) is 4.64. The number of carbonyl (C=O) groups is 2. The Morgan fingerprint density at radius 2 is 1.44 bits per heavy atom. The Hall–Kier alpha value is -1.88. The third kappa shape index (κ3) is 5.55. The van der Waals surface area contributed by atoms with Crippen LogP contribution in [0.15, 0.2) is 12.2 Å². The average molecular weight is 412 g/mol. The van der Waals surface area contributed by atoms with Crippen molar-refractivity contribution in [1.29, 1.82) is 0 Å². The molecule has 0 heterocycles. The van der Waals surface area contributed by atoms with E-state index >= 15 is 0 Å². The normalized spacial score (nSPS) is 19.7. The number of rotatable bonds is 7. The lowest BCUT2D eigenvalue weighted by molar-refractivity contribution is -0.379. The molecule has 1 N–H and O–H groups in total. The lowest BCUT2D eigenvalue weighted by Crippen LogP contribution is -2.62. The molecule has 1 saturated carbocycles. The van der Waals surface area contributed by atoms with Crippen molar-refractivity contribution in [2.24, 2.45) is 5.92 Å². The van der Waals surface area contributed by atoms with Gasteiger partial charge in [0.15, 0.2) is 5.67 Å². The first-order valence-corrected chi connectivity index (χ1v) is 7.77. The highest BCUT2D eigenvalue weighted by atomic mass is 19.4. The SMILES string of the molecule is O=C(O)/C=C/C(=O)OC(F)(F)C(F)(F)C(F)(CC(F)(F)F)C1CCCCC1. The number of aliphatic carboxylic acids is 1. The van der Waals surface area contributed by atoms with Gasteiger partial charge in [-0.1, -0.05) is 19.3 Å². The van der Waals surface area contributed by atoms with Crippen molar-refractivity contribution >= 4 is 11.9 Å². The zero-order valence-corrected chi connectivity index (χ0v) is 13.7. The molecule has 1 rings (SSSR count). The van der Waals surface area contributed by atoms with Crippen LogP contribution in [0.5, 0.6) is 0 Å². The van der Waals surface area contributed by atoms with Gasteiger partial charge in [-0.25, -0.2) is 14.0 Å². The van der Waals surface area contributed by atoms with E-state index < -0.39 is 61.0 Å². The monoisotopic (exact) mass is 412 g/mol. The average Bonchev–Trinajstić information content (AvgIpc) is 2.51. The number of carboxylic acids is 1. The highest BCUT2D eigenvalue weighted by Crippen LogP contribution is 2.55. The van der Waals surface area contributed by atoms with Gasteiger partial charge < -0.3 is 9.84 Å². The van der Waals surface area contributed by atoms with E-state index in [2.05, 4.69) is 4.74 Å². The smallest absolute Gasteiger partial charge is 0.470 e. The predicted molar refractivity (Wildman–Crippen MR) is 73.8 cm³/mol. The molecule has 0 aliphatic heterocycles. The summed E-state index contributed by atoms with van der Waals surface area (Å²) in [6, 6.07) is 0. The van der Waals surface area contributed by atoms with Crippen LogP contribution in [-0.4, -0.2) is 40.9 Å². The summed E-state index contributed by atoms with van der Waals surface area (Å²) in [5.41, 5.74) is -4.72. The van der Waals surface area contributed by atoms with Crippen molar-refractivity contribution < 1.29 is 54.6 Å². The number of halogens is 8. The third-order valence-electron chi connectivity index (χ3n) is 4.19. The Bertz CT molecular complexity index is 581. The zero-order valence-electron chi connectivity index (χ0n) is 13.7. The van der Waals surface area contributed by atoms with Crippen LogP contribution in [0.4, 0.5) is 35.1 Å². The van der Waals surface area contributed by atoms with E-state index in [0.29, 0.717) is 6.42 Å². The molecule has 0 spiro atoms. The van der Waals surface area contributed by atoms with Gasteiger partial charge in [0.05, 0.1) is 6.42 Å². The highest BCUT2D eigenvalue weighted by molar-refractivity contribution is 5.90. The first-order chi connectivity index (χ1) is 12.1. The fraction of sp³-hybridized carbons (Fsp3) is 0.733. The standard InChI is InChI=1S/C15H16F8O4/c16-12(8-13(17,18)19,9-4-2-1-3-5-9)14(20,21)15(22,23)27-11(26)7-6-10(24)25/h6-7,9H,1-5,8H2,(H,24,25)/b7-6+. The van der Waals surface area contributed by atoms with Crippen LogP contribution in [0.1, 0.15) is 38.5 Å². The van der Waals surface area contributed by atoms with E-state index in [1.54, 1.807) is 0 Å². The molecule has 1 atom stereocenters. The van der Waals surface area contributed by atoms with Crippen LogP contribution in [-0.2, 0) is 14.3 Å². The van der Waals surface area contributed by atoms with Crippen LogP contribution in [0, 0.1) is 5.92 Å². The largest absolute Gasteiger partial charge is 0.478 e. The van der Waals surface area contributed by atoms with E-state index in [1.165, 1.54) is 0 Å². The Labute approximate surface area is 148 Å². The quantitative estimate of drug-likeness (QED) is 0.376. The molecule has 27 heavy (non-hydrogen) atoms. The molecule has 1 fully saturated rings. The van der Waals surface area contributed by atoms with Gasteiger partial charge in [-0.15, -0.1) is 0 Å². The van der Waals surface area contributed by atoms with Crippen LogP contribution in [0.2, 0.25) is 0 Å². The summed E-state index contributed by atoms with van der Waals surface area (Å²) in [6.45, 7) is 0. The number of hydrogen-bond acceptors (Lipinski definition) is 3. The minimum atomic E-state index is -6.01. The lowest BCUT2D eigenvalue weighted by Gasteiger charge is -2.43. The summed E-state index contributed by atoms with van der Waals surface area (Å²) < 4.78 is 112. The first-order valence-electron chi connectivity index (χ1n) is 7.77. The van der Waals surface area contributed by atoms with Gasteiger partial charge >= 0.3 is 30.1 Å². The molecule has 0 aromatic heterocycles. The van der Waals surface area contributed by atoms with Crippen LogP contribution in [0.3, 0.4) is 0 Å². The van der Waals surface area contributed by atoms with Crippen LogP contribution in [0.25, 0.3) is 0 Å². The van der Waals surface area contributed by atoms with E-state index in [0.717, 1.165) is 0 Å². The van der Waals surface area contributed by atoms with Crippen molar-refractivity contribution in [3.63, 3.8) is 0 Å². The summed E-state index contributed by atoms with van der Waals surface area (Å²) >= 11 is 0. The summed E-state index contributed by atoms with van der Waals surface area (Å²) in [7, 11) is 0. The van der Waals surface area contributed by atoms with Gasteiger partial charge in [-0.2, -0.15) is 30.7 Å². The minimum absolute atomic E-state index is 0.0178. The van der Waals surface area contributed by atoms with Gasteiger partial charge in [-0.05, 0) is 18.8 Å². The Kier molecular flexibility index (Phi) is 6.87. The maximum atomic E-state index is 15.0. The molecule has 1 unspecified atom stereocenters. The van der Waals surface area contributed by atoms with Crippen molar-refractivity contribution in [3.8, 4) is 0 Å². The summed E-state index contributed by atoms with van der Waals surface area (Å²) in [5, 5.41) is 8.23. The second-order valence-corrected chi connectivity index (χ2v) is 6.17. The number of esters is 1. The second-order valence-electron chi connectivity index (χ2n) is 6.17. The molecule has 1 aliphatic carbocycles. The maximum absolute atomic E-state index is 15.0. The molecule has 0 amide bonds. The molecule has 0 bridgehead atoms. The summed E-state index contributed by atoms with van der Waals surface area (Å²) in [4.78, 5) is 21.2. The van der Waals surface area contributed by atoms with Gasteiger partial charge in [0.25, 0.3) is 0 Å². The second kappa shape index (κ2) is 8.01. The molecule has 12 heteroatoms. The van der Waals surface area contributed by atoms with Crippen LogP contribution < -0.4 is 0 Å². The van der Waals surface area contributed by atoms with Crippen molar-refractivity contribution in [1.82, 2.24) is 0 Å². The number of hydrogen-bond donors (Lipinski definition) is 1. The van der Waals surface area contributed by atoms with E-state index in [4.69, 9.17) is 5.11 Å². The van der Waals surface area contributed by atoms with E-state index in [-0.39, 0.29) is 25.0 Å². The molecule has 0 aromatic carbocycles. The van der Waals surface area contributed by atoms with E-state index in [9.17, 15) is 44.7 Å². The van der Waals surface area contributed by atoms with Crippen molar-refractivity contribution in [2.45, 2.75) is 62.4 Å². The lowest BCUT2D eigenvalue weighted by atomic mass is 9.72. The molecule has 4 nitrogen and oxygen atoms in total. The topological polar surface area (TPSA) is 63.6 Å². The number of carboxylic acid groups (broad SMARTS) is 1. The molecule has 0 radical (unpaired) electrons. The van der Waals surface area contributed by atoms with Crippen molar-refractivity contribution in [3.05, 3.63) is 12.2 Å². The minimum Gasteiger partial charge on any atom is -0.478 e. The molecular weight excluding hydrogens is 396 g/mol. The van der Waals surface area contributed by atoms with Gasteiger partial charge in [0.2, 0.25) is 0 Å². The molecule has 156 valence electrons. The van der Waals surface area contributed by atoms with Gasteiger partial charge in [0, 0.05) is 12.2 Å². The number of carbonyl (C=O) groups excluding carboxylic acids is 1. The maximum Gasteiger partial charge on any atom is 0.470 e. The highest BCUT2D eigenvalue weighted by Gasteiger charge is 2.76. The zero-order chi connectivity index (χ0) is 21.1. The summed E-state index contributed by atoms with van der Waals surface area (Å²) in [6.07, 6.45) is -14.8. The molecular formula is C15H16F8O4. The first kappa shape index (κ1) is 23.2. The van der Waals surface area contributed by atoms with Crippen LogP contribution >= 0.6 is 0 Å². The van der Waals surface area contributed by atoms with Gasteiger partial charge in [-0.3, -0.25) is 0 Å². The Morgan fingerprint density at radius 1 is 0.926 bits per heavy atom. The van der Waals surface area contributed by atoms with E-state index in [1.807, 2.05) is 0 Å². The molecule has 0 saturated heterocycles. The summed E-state index contributed by atoms with van der Waals surface area (Å²) in [5.74, 6) is -12.1. The molecule has 1 aliphatic rings. The van der Waals surface area contributed by atoms with Crippen molar-refractivity contribution in [2.75, 3.05) is 0 Å². The number of alkyl halides is 8. The number of ether oxygens (including phenoxy) is 1. The fourth-order valence-corrected chi connectivity index (χ4v) is 2.97. The Balaban J connectivity index is 3.23.